The summed E-state index contributed by atoms with van der Waals surface area (Å²) in [6, 6.07) is 1.23. The first kappa shape index (κ1) is 13.2. The van der Waals surface area contributed by atoms with Gasteiger partial charge in [-0.25, -0.2) is 13.2 Å². The molecule has 6 nitrogen and oxygen atoms in total. The standard InChI is InChI=1S/C9H8ClNO5S2/c1-11-6(9(13)16-2)7(12)8-4(18(11,14)15)3-5(10)17-8/h3,12H,1-2H3. The molecule has 2 heterocycles. The molecule has 9 heteroatoms. The van der Waals surface area contributed by atoms with Crippen LogP contribution in [-0.2, 0) is 19.6 Å². The Balaban J connectivity index is 2.80. The fourth-order valence-electron chi connectivity index (χ4n) is 1.55. The largest absolute Gasteiger partial charge is 0.504 e. The number of aliphatic hydroxyl groups is 1. The van der Waals surface area contributed by atoms with E-state index < -0.39 is 27.4 Å². The summed E-state index contributed by atoms with van der Waals surface area (Å²) < 4.78 is 29.6. The number of ether oxygens (including phenoxy) is 1. The molecule has 2 rings (SSSR count). The minimum atomic E-state index is -3.90. The maximum absolute atomic E-state index is 12.1. The third-order valence-corrected chi connectivity index (χ3v) is 5.62. The minimum Gasteiger partial charge on any atom is -0.504 e. The Morgan fingerprint density at radius 2 is 2.17 bits per heavy atom. The van der Waals surface area contributed by atoms with Crippen LogP contribution in [-0.4, -0.2) is 38.0 Å². The Morgan fingerprint density at radius 3 is 2.72 bits per heavy atom. The lowest BCUT2D eigenvalue weighted by Crippen LogP contribution is -2.34. The van der Waals surface area contributed by atoms with Crippen LogP contribution >= 0.6 is 22.9 Å². The van der Waals surface area contributed by atoms with E-state index >= 15 is 0 Å². The van der Waals surface area contributed by atoms with Crippen molar-refractivity contribution < 1.29 is 23.1 Å². The molecule has 18 heavy (non-hydrogen) atoms. The lowest BCUT2D eigenvalue weighted by Gasteiger charge is -2.25. The molecule has 0 bridgehead atoms. The SMILES string of the molecule is COC(=O)C1=C(O)c2sc(Cl)cc2S(=O)(=O)N1C. The Kier molecular flexibility index (Phi) is 3.04. The monoisotopic (exact) mass is 309 g/mol. The number of carbonyl (C=O) groups is 1. The van der Waals surface area contributed by atoms with E-state index in [0.717, 1.165) is 25.5 Å². The predicted molar refractivity (Wildman–Crippen MR) is 65.8 cm³/mol. The number of nitrogens with zero attached hydrogens (tertiary/aromatic N) is 1. The van der Waals surface area contributed by atoms with E-state index in [2.05, 4.69) is 4.74 Å². The molecule has 0 aliphatic carbocycles. The Bertz CT molecular complexity index is 660. The van der Waals surface area contributed by atoms with Crippen molar-refractivity contribution in [1.82, 2.24) is 4.31 Å². The number of methoxy groups -OCH3 is 1. The van der Waals surface area contributed by atoms with Gasteiger partial charge in [-0.3, -0.25) is 4.31 Å². The van der Waals surface area contributed by atoms with Crippen molar-refractivity contribution in [2.24, 2.45) is 0 Å². The molecule has 0 amide bonds. The van der Waals surface area contributed by atoms with Gasteiger partial charge in [0.15, 0.2) is 11.5 Å². The van der Waals surface area contributed by atoms with Gasteiger partial charge in [0.25, 0.3) is 10.0 Å². The molecule has 0 atom stereocenters. The topological polar surface area (TPSA) is 83.9 Å². The van der Waals surface area contributed by atoms with Gasteiger partial charge in [-0.2, -0.15) is 0 Å². The third kappa shape index (κ3) is 1.68. The van der Waals surface area contributed by atoms with E-state index in [0.29, 0.717) is 4.31 Å². The molecule has 0 saturated carbocycles. The summed E-state index contributed by atoms with van der Waals surface area (Å²) in [7, 11) is -1.64. The first-order chi connectivity index (χ1) is 8.30. The summed E-state index contributed by atoms with van der Waals surface area (Å²) >= 11 is 6.62. The Morgan fingerprint density at radius 1 is 1.56 bits per heavy atom. The van der Waals surface area contributed by atoms with E-state index in [4.69, 9.17) is 11.6 Å². The van der Waals surface area contributed by atoms with E-state index in [-0.39, 0.29) is 14.1 Å². The van der Waals surface area contributed by atoms with E-state index in [1.165, 1.54) is 6.07 Å². The van der Waals surface area contributed by atoms with E-state index in [9.17, 15) is 18.3 Å². The molecule has 1 aromatic heterocycles. The molecular weight excluding hydrogens is 302 g/mol. The van der Waals surface area contributed by atoms with Crippen LogP contribution < -0.4 is 0 Å². The highest BCUT2D eigenvalue weighted by Crippen LogP contribution is 2.41. The highest BCUT2D eigenvalue weighted by atomic mass is 35.5. The molecule has 1 aromatic rings. The first-order valence-electron chi connectivity index (χ1n) is 4.61. The summed E-state index contributed by atoms with van der Waals surface area (Å²) in [5, 5.41) is 9.96. The molecule has 0 unspecified atom stereocenters. The highest BCUT2D eigenvalue weighted by molar-refractivity contribution is 7.89. The smallest absolute Gasteiger partial charge is 0.359 e. The second kappa shape index (κ2) is 4.15. The molecule has 0 radical (unpaired) electrons. The van der Waals surface area contributed by atoms with Crippen LogP contribution in [0.2, 0.25) is 4.34 Å². The first-order valence-corrected chi connectivity index (χ1v) is 7.24. The molecule has 1 N–H and O–H groups in total. The van der Waals surface area contributed by atoms with Gasteiger partial charge in [0.2, 0.25) is 0 Å². The van der Waals surface area contributed by atoms with Gasteiger partial charge in [-0.15, -0.1) is 11.3 Å². The van der Waals surface area contributed by atoms with Crippen LogP contribution in [0.3, 0.4) is 0 Å². The summed E-state index contributed by atoms with van der Waals surface area (Å²) in [4.78, 5) is 11.4. The quantitative estimate of drug-likeness (QED) is 0.793. The van der Waals surface area contributed by atoms with Crippen molar-refractivity contribution in [3.8, 4) is 0 Å². The number of thiophene rings is 1. The second-order valence-corrected chi connectivity index (χ2v) is 7.03. The average molecular weight is 310 g/mol. The average Bonchev–Trinajstić information content (AvgIpc) is 2.70. The number of halogens is 1. The zero-order chi connectivity index (χ0) is 13.7. The van der Waals surface area contributed by atoms with Crippen molar-refractivity contribution in [1.29, 1.82) is 0 Å². The summed E-state index contributed by atoms with van der Waals surface area (Å²) in [5.74, 6) is -1.39. The summed E-state index contributed by atoms with van der Waals surface area (Å²) in [6.07, 6.45) is 0. The number of carbonyl (C=O) groups excluding carboxylic acids is 1. The number of sulfonamides is 1. The maximum atomic E-state index is 12.1. The van der Waals surface area contributed by atoms with Crippen LogP contribution in [0.5, 0.6) is 0 Å². The fraction of sp³-hybridized carbons (Fsp3) is 0.222. The van der Waals surface area contributed by atoms with Crippen molar-refractivity contribution >= 4 is 44.7 Å². The van der Waals surface area contributed by atoms with Crippen LogP contribution in [0.4, 0.5) is 0 Å². The highest BCUT2D eigenvalue weighted by Gasteiger charge is 2.40. The van der Waals surface area contributed by atoms with Gasteiger partial charge in [0.1, 0.15) is 4.90 Å². The lowest BCUT2D eigenvalue weighted by molar-refractivity contribution is -0.137. The maximum Gasteiger partial charge on any atom is 0.359 e. The Hall–Kier alpha value is -1.25. The number of likely N-dealkylation sites (N-methyl/N-ethyl adjacent to an activating group) is 1. The minimum absolute atomic E-state index is 0.0403. The molecule has 0 spiro atoms. The number of hydrogen-bond acceptors (Lipinski definition) is 6. The third-order valence-electron chi connectivity index (χ3n) is 2.44. The zero-order valence-corrected chi connectivity index (χ0v) is 11.7. The summed E-state index contributed by atoms with van der Waals surface area (Å²) in [5.41, 5.74) is -0.427. The molecule has 1 aliphatic heterocycles. The molecule has 0 aromatic carbocycles. The van der Waals surface area contributed by atoms with Crippen molar-refractivity contribution in [3.05, 3.63) is 21.0 Å². The predicted octanol–water partition coefficient (Wildman–Crippen LogP) is 1.44. The summed E-state index contributed by atoms with van der Waals surface area (Å²) in [6.45, 7) is 0. The normalized spacial score (nSPS) is 17.6. The Labute approximate surface area is 112 Å². The van der Waals surface area contributed by atoms with Gasteiger partial charge < -0.3 is 9.84 Å². The van der Waals surface area contributed by atoms with E-state index in [1.807, 2.05) is 0 Å². The van der Waals surface area contributed by atoms with Crippen LogP contribution in [0.1, 0.15) is 4.88 Å². The zero-order valence-electron chi connectivity index (χ0n) is 9.30. The van der Waals surface area contributed by atoms with Crippen molar-refractivity contribution in [2.75, 3.05) is 14.2 Å². The molecule has 1 aliphatic rings. The van der Waals surface area contributed by atoms with Gasteiger partial charge >= 0.3 is 5.97 Å². The molecular formula is C9H8ClNO5S2. The van der Waals surface area contributed by atoms with E-state index in [1.54, 1.807) is 0 Å². The van der Waals surface area contributed by atoms with Gasteiger partial charge in [-0.1, -0.05) is 11.6 Å². The number of esters is 1. The molecule has 0 saturated heterocycles. The lowest BCUT2D eigenvalue weighted by atomic mass is 10.3. The molecule has 98 valence electrons. The molecule has 0 fully saturated rings. The van der Waals surface area contributed by atoms with Crippen LogP contribution in [0.15, 0.2) is 16.7 Å². The fourth-order valence-corrected chi connectivity index (χ4v) is 4.49. The van der Waals surface area contributed by atoms with Crippen LogP contribution in [0, 0.1) is 0 Å². The number of hydrogen-bond donors (Lipinski definition) is 1. The van der Waals surface area contributed by atoms with Crippen molar-refractivity contribution in [2.45, 2.75) is 4.90 Å². The van der Waals surface area contributed by atoms with Gasteiger partial charge in [0, 0.05) is 7.05 Å². The number of rotatable bonds is 1. The van der Waals surface area contributed by atoms with Gasteiger partial charge in [0.05, 0.1) is 16.3 Å². The second-order valence-electron chi connectivity index (χ2n) is 3.41. The van der Waals surface area contributed by atoms with Crippen LogP contribution in [0.25, 0.3) is 5.76 Å². The number of fused-ring (bicyclic) bond motifs is 1. The van der Waals surface area contributed by atoms with Crippen molar-refractivity contribution in [3.63, 3.8) is 0 Å². The van der Waals surface area contributed by atoms with Gasteiger partial charge in [-0.05, 0) is 6.07 Å². The number of aliphatic hydroxyl groups excluding tert-OH is 1.